The summed E-state index contributed by atoms with van der Waals surface area (Å²) in [6.07, 6.45) is 3.89. The number of aromatic carboxylic acids is 1. The molecule has 0 saturated carbocycles. The fourth-order valence-corrected chi connectivity index (χ4v) is 2.81. The Balaban J connectivity index is 2.23. The van der Waals surface area contributed by atoms with Crippen LogP contribution in [-0.2, 0) is 24.1 Å². The first-order chi connectivity index (χ1) is 12.7. The van der Waals surface area contributed by atoms with Gasteiger partial charge in [0, 0.05) is 18.9 Å². The van der Waals surface area contributed by atoms with Crippen LogP contribution >= 0.6 is 0 Å². The highest BCUT2D eigenvalue weighted by atomic mass is 16.6. The van der Waals surface area contributed by atoms with Crippen LogP contribution in [0.15, 0.2) is 36.7 Å². The Labute approximate surface area is 159 Å². The van der Waals surface area contributed by atoms with Crippen LogP contribution in [-0.4, -0.2) is 27.8 Å². The molecular weight excluding hydrogens is 344 g/mol. The zero-order valence-corrected chi connectivity index (χ0v) is 16.2. The summed E-state index contributed by atoms with van der Waals surface area (Å²) in [6.45, 7) is 7.87. The summed E-state index contributed by atoms with van der Waals surface area (Å²) in [5.41, 5.74) is 3.58. The van der Waals surface area contributed by atoms with Gasteiger partial charge in [-0.3, -0.25) is 4.98 Å². The lowest BCUT2D eigenvalue weighted by Gasteiger charge is -2.21. The molecule has 6 heteroatoms. The monoisotopic (exact) mass is 370 g/mol. The van der Waals surface area contributed by atoms with Crippen LogP contribution in [0.3, 0.4) is 0 Å². The Morgan fingerprint density at radius 1 is 1.19 bits per heavy atom. The molecule has 27 heavy (non-hydrogen) atoms. The molecule has 1 amide bonds. The summed E-state index contributed by atoms with van der Waals surface area (Å²) in [4.78, 5) is 27.2. The van der Waals surface area contributed by atoms with Crippen LogP contribution < -0.4 is 5.32 Å². The number of amides is 1. The van der Waals surface area contributed by atoms with E-state index in [0.717, 1.165) is 28.7 Å². The van der Waals surface area contributed by atoms with Crippen molar-refractivity contribution >= 4 is 12.1 Å². The average molecular weight is 370 g/mol. The van der Waals surface area contributed by atoms with Crippen molar-refractivity contribution in [2.24, 2.45) is 0 Å². The Hall–Kier alpha value is -2.89. The van der Waals surface area contributed by atoms with Crippen molar-refractivity contribution in [3.8, 4) is 0 Å². The molecule has 0 aliphatic heterocycles. The lowest BCUT2D eigenvalue weighted by molar-refractivity contribution is 0.0522. The van der Waals surface area contributed by atoms with E-state index in [-0.39, 0.29) is 5.56 Å². The Morgan fingerprint density at radius 3 is 2.52 bits per heavy atom. The van der Waals surface area contributed by atoms with Gasteiger partial charge in [0.05, 0.1) is 5.56 Å². The van der Waals surface area contributed by atoms with E-state index in [1.165, 1.54) is 6.20 Å². The molecule has 2 rings (SSSR count). The lowest BCUT2D eigenvalue weighted by Crippen LogP contribution is -2.32. The van der Waals surface area contributed by atoms with Gasteiger partial charge in [0.2, 0.25) is 0 Å². The maximum atomic E-state index is 12.0. The molecule has 0 spiro atoms. The number of hydrogen-bond donors (Lipinski definition) is 2. The van der Waals surface area contributed by atoms with Crippen molar-refractivity contribution in [1.82, 2.24) is 10.3 Å². The SMILES string of the molecule is CCc1cccc(Cc2cncc(C(=O)O)c2)c1CNC(=O)OC(C)(C)C. The highest BCUT2D eigenvalue weighted by Crippen LogP contribution is 2.20. The Kier molecular flexibility index (Phi) is 6.55. The number of nitrogens with one attached hydrogen (secondary N) is 1. The highest BCUT2D eigenvalue weighted by molar-refractivity contribution is 5.87. The molecule has 0 fully saturated rings. The smallest absolute Gasteiger partial charge is 0.407 e. The second kappa shape index (κ2) is 8.66. The zero-order valence-electron chi connectivity index (χ0n) is 16.2. The first-order valence-corrected chi connectivity index (χ1v) is 8.93. The number of carbonyl (C=O) groups excluding carboxylic acids is 1. The fourth-order valence-electron chi connectivity index (χ4n) is 2.81. The van der Waals surface area contributed by atoms with Gasteiger partial charge in [0.15, 0.2) is 0 Å². The molecule has 0 unspecified atom stereocenters. The van der Waals surface area contributed by atoms with Gasteiger partial charge in [-0.1, -0.05) is 25.1 Å². The molecule has 0 bridgehead atoms. The predicted octanol–water partition coefficient (Wildman–Crippen LogP) is 3.96. The van der Waals surface area contributed by atoms with E-state index >= 15 is 0 Å². The summed E-state index contributed by atoms with van der Waals surface area (Å²) in [5.74, 6) is -1.00. The average Bonchev–Trinajstić information content (AvgIpc) is 2.59. The third kappa shape index (κ3) is 6.09. The highest BCUT2D eigenvalue weighted by Gasteiger charge is 2.17. The maximum Gasteiger partial charge on any atom is 0.407 e. The number of nitrogens with zero attached hydrogens (tertiary/aromatic N) is 1. The number of pyridine rings is 1. The van der Waals surface area contributed by atoms with Crippen LogP contribution in [0.2, 0.25) is 0 Å². The minimum Gasteiger partial charge on any atom is -0.478 e. The minimum absolute atomic E-state index is 0.160. The molecule has 2 aromatic rings. The fraction of sp³-hybridized carbons (Fsp3) is 0.381. The van der Waals surface area contributed by atoms with Crippen molar-refractivity contribution in [3.63, 3.8) is 0 Å². The molecule has 0 aliphatic rings. The van der Waals surface area contributed by atoms with Crippen molar-refractivity contribution in [3.05, 3.63) is 64.5 Å². The largest absolute Gasteiger partial charge is 0.478 e. The van der Waals surface area contributed by atoms with E-state index < -0.39 is 17.7 Å². The molecule has 0 aliphatic carbocycles. The normalized spacial score (nSPS) is 11.1. The summed E-state index contributed by atoms with van der Waals surface area (Å²) in [7, 11) is 0. The third-order valence-corrected chi connectivity index (χ3v) is 4.00. The standard InChI is InChI=1S/C21H26N2O4/c1-5-15-7-6-8-16(9-14-10-17(19(24)25)12-22-11-14)18(15)13-23-20(26)27-21(2,3)4/h6-8,10-12H,5,9,13H2,1-4H3,(H,23,26)(H,24,25). The number of carbonyl (C=O) groups is 2. The first kappa shape index (κ1) is 20.4. The second-order valence-electron chi connectivity index (χ2n) is 7.33. The van der Waals surface area contributed by atoms with Gasteiger partial charge in [-0.15, -0.1) is 0 Å². The zero-order chi connectivity index (χ0) is 20.0. The molecule has 0 radical (unpaired) electrons. The van der Waals surface area contributed by atoms with Crippen LogP contribution in [0.5, 0.6) is 0 Å². The van der Waals surface area contributed by atoms with Gasteiger partial charge in [-0.05, 0) is 61.9 Å². The summed E-state index contributed by atoms with van der Waals surface area (Å²) < 4.78 is 5.31. The van der Waals surface area contributed by atoms with E-state index in [0.29, 0.717) is 13.0 Å². The van der Waals surface area contributed by atoms with Crippen LogP contribution in [0, 0.1) is 0 Å². The number of rotatable bonds is 6. The second-order valence-corrected chi connectivity index (χ2v) is 7.33. The first-order valence-electron chi connectivity index (χ1n) is 8.93. The number of carboxylic acid groups (broad SMARTS) is 1. The quantitative estimate of drug-likeness (QED) is 0.803. The van der Waals surface area contributed by atoms with E-state index in [4.69, 9.17) is 9.84 Å². The van der Waals surface area contributed by atoms with E-state index in [1.54, 1.807) is 12.3 Å². The van der Waals surface area contributed by atoms with E-state index in [9.17, 15) is 9.59 Å². The third-order valence-electron chi connectivity index (χ3n) is 4.00. The maximum absolute atomic E-state index is 12.0. The van der Waals surface area contributed by atoms with E-state index in [1.807, 2.05) is 39.0 Å². The molecular formula is C21H26N2O4. The summed E-state index contributed by atoms with van der Waals surface area (Å²) in [6, 6.07) is 7.61. The predicted molar refractivity (Wildman–Crippen MR) is 103 cm³/mol. The van der Waals surface area contributed by atoms with Crippen LogP contribution in [0.4, 0.5) is 4.79 Å². The molecule has 144 valence electrons. The lowest BCUT2D eigenvalue weighted by atomic mass is 9.94. The number of carboxylic acids is 1. The number of aromatic nitrogens is 1. The molecule has 2 N–H and O–H groups in total. The van der Waals surface area contributed by atoms with Crippen LogP contribution in [0.1, 0.15) is 60.3 Å². The topological polar surface area (TPSA) is 88.5 Å². The van der Waals surface area contributed by atoms with Crippen molar-refractivity contribution in [2.75, 3.05) is 0 Å². The molecule has 1 aromatic heterocycles. The van der Waals surface area contributed by atoms with Gasteiger partial charge in [0.1, 0.15) is 5.60 Å². The van der Waals surface area contributed by atoms with E-state index in [2.05, 4.69) is 17.2 Å². The summed E-state index contributed by atoms with van der Waals surface area (Å²) >= 11 is 0. The summed E-state index contributed by atoms with van der Waals surface area (Å²) in [5, 5.41) is 12.0. The Morgan fingerprint density at radius 2 is 1.89 bits per heavy atom. The van der Waals surface area contributed by atoms with Crippen molar-refractivity contribution in [2.45, 2.75) is 52.7 Å². The number of benzene rings is 1. The number of aryl methyl sites for hydroxylation is 1. The van der Waals surface area contributed by atoms with Crippen molar-refractivity contribution in [1.29, 1.82) is 0 Å². The molecule has 6 nitrogen and oxygen atoms in total. The van der Waals surface area contributed by atoms with Crippen LogP contribution in [0.25, 0.3) is 0 Å². The molecule has 0 atom stereocenters. The molecule has 0 saturated heterocycles. The number of alkyl carbamates (subject to hydrolysis) is 1. The number of hydrogen-bond acceptors (Lipinski definition) is 4. The molecule has 1 aromatic carbocycles. The van der Waals surface area contributed by atoms with Gasteiger partial charge in [0.25, 0.3) is 0 Å². The van der Waals surface area contributed by atoms with Gasteiger partial charge >= 0.3 is 12.1 Å². The number of ether oxygens (including phenoxy) is 1. The minimum atomic E-state index is -1.00. The van der Waals surface area contributed by atoms with Gasteiger partial charge < -0.3 is 15.2 Å². The van der Waals surface area contributed by atoms with Crippen molar-refractivity contribution < 1.29 is 19.4 Å². The molecule has 1 heterocycles. The Bertz CT molecular complexity index is 825. The van der Waals surface area contributed by atoms with Gasteiger partial charge in [-0.2, -0.15) is 0 Å². The van der Waals surface area contributed by atoms with Gasteiger partial charge in [-0.25, -0.2) is 9.59 Å².